The molecule has 2 nitrogen and oxygen atoms in total. The molecule has 0 radical (unpaired) electrons. The van der Waals surface area contributed by atoms with Crippen LogP contribution >= 0.6 is 11.8 Å². The zero-order valence-electron chi connectivity index (χ0n) is 10.8. The van der Waals surface area contributed by atoms with Crippen LogP contribution in [0, 0.1) is 5.41 Å². The number of hydrogen-bond acceptors (Lipinski definition) is 3. The van der Waals surface area contributed by atoms with Crippen molar-refractivity contribution in [3.63, 3.8) is 0 Å². The lowest BCUT2D eigenvalue weighted by Crippen LogP contribution is -2.19. The van der Waals surface area contributed by atoms with Crippen molar-refractivity contribution in [3.05, 3.63) is 23.5 Å². The zero-order chi connectivity index (χ0) is 12.2. The van der Waals surface area contributed by atoms with Gasteiger partial charge in [0.15, 0.2) is 0 Å². The van der Waals surface area contributed by atoms with Crippen LogP contribution in [0.3, 0.4) is 0 Å². The average Bonchev–Trinajstić information content (AvgIpc) is 2.70. The Labute approximate surface area is 104 Å². The third kappa shape index (κ3) is 3.48. The van der Waals surface area contributed by atoms with Crippen LogP contribution in [0.25, 0.3) is 0 Å². The second-order valence-electron chi connectivity index (χ2n) is 5.22. The van der Waals surface area contributed by atoms with E-state index in [0.717, 1.165) is 0 Å². The summed E-state index contributed by atoms with van der Waals surface area (Å²) in [5.41, 5.74) is 8.34. The summed E-state index contributed by atoms with van der Waals surface area (Å²) >= 11 is 2.04. The second-order valence-corrected chi connectivity index (χ2v) is 6.53. The molecule has 1 aliphatic rings. The predicted octanol–water partition coefficient (Wildman–Crippen LogP) is 2.87. The van der Waals surface area contributed by atoms with Crippen LogP contribution in [-0.4, -0.2) is 18.1 Å². The van der Waals surface area contributed by atoms with Crippen molar-refractivity contribution in [2.24, 2.45) is 11.1 Å². The molecule has 0 aromatic rings. The van der Waals surface area contributed by atoms with Crippen LogP contribution in [0.5, 0.6) is 0 Å². The summed E-state index contributed by atoms with van der Waals surface area (Å²) < 4.78 is 0. The van der Waals surface area contributed by atoms with Crippen molar-refractivity contribution in [2.75, 3.05) is 12.8 Å². The Balaban J connectivity index is 2.85. The average molecular weight is 240 g/mol. The summed E-state index contributed by atoms with van der Waals surface area (Å²) in [5, 5.41) is 3.95. The Morgan fingerprint density at radius 2 is 2.12 bits per heavy atom. The van der Waals surface area contributed by atoms with Crippen LogP contribution in [0.15, 0.2) is 23.5 Å². The first kappa shape index (κ1) is 13.5. The summed E-state index contributed by atoms with van der Waals surface area (Å²) in [7, 11) is 2.00. The van der Waals surface area contributed by atoms with Crippen LogP contribution in [-0.2, 0) is 0 Å². The highest BCUT2D eigenvalue weighted by atomic mass is 32.2. The molecule has 0 amide bonds. The van der Waals surface area contributed by atoms with Gasteiger partial charge in [0.1, 0.15) is 0 Å². The first-order chi connectivity index (χ1) is 7.49. The molecule has 1 atom stereocenters. The maximum absolute atomic E-state index is 5.72. The maximum atomic E-state index is 5.72. The molecular formula is C13H24N2S. The Bertz CT molecular complexity index is 281. The van der Waals surface area contributed by atoms with Crippen molar-refractivity contribution < 1.29 is 0 Å². The van der Waals surface area contributed by atoms with Crippen molar-refractivity contribution >= 4 is 11.8 Å². The van der Waals surface area contributed by atoms with Crippen LogP contribution in [0.2, 0.25) is 0 Å². The van der Waals surface area contributed by atoms with Gasteiger partial charge < -0.3 is 11.1 Å². The highest BCUT2D eigenvalue weighted by molar-refractivity contribution is 8.00. The molecule has 1 fully saturated rings. The molecule has 1 heterocycles. The van der Waals surface area contributed by atoms with E-state index in [1.807, 2.05) is 18.8 Å². The minimum absolute atomic E-state index is 0.111. The molecule has 1 saturated heterocycles. The summed E-state index contributed by atoms with van der Waals surface area (Å²) in [6.45, 7) is 6.58. The minimum atomic E-state index is 0.111. The first-order valence-corrected chi connectivity index (χ1v) is 6.97. The molecule has 0 bridgehead atoms. The van der Waals surface area contributed by atoms with Gasteiger partial charge in [0.05, 0.1) is 0 Å². The molecule has 0 aromatic heterocycles. The van der Waals surface area contributed by atoms with E-state index in [0.29, 0.717) is 5.25 Å². The molecule has 0 aromatic carbocycles. The molecule has 0 saturated carbocycles. The zero-order valence-corrected chi connectivity index (χ0v) is 11.7. The van der Waals surface area contributed by atoms with Gasteiger partial charge in [0, 0.05) is 18.0 Å². The number of nitrogens with two attached hydrogens (primary N) is 1. The molecule has 92 valence electrons. The number of thioether (sulfide) groups is 1. The van der Waals surface area contributed by atoms with E-state index in [2.05, 4.69) is 32.2 Å². The maximum Gasteiger partial charge on any atom is 0.0445 e. The second kappa shape index (κ2) is 5.67. The van der Waals surface area contributed by atoms with Gasteiger partial charge in [-0.05, 0) is 41.9 Å². The van der Waals surface area contributed by atoms with Crippen molar-refractivity contribution in [1.29, 1.82) is 0 Å². The van der Waals surface area contributed by atoms with Crippen LogP contribution in [0.1, 0.15) is 33.6 Å². The third-order valence-corrected chi connectivity index (χ3v) is 4.34. The lowest BCUT2D eigenvalue weighted by molar-refractivity contribution is 0.514. The largest absolute Gasteiger partial charge is 0.404 e. The van der Waals surface area contributed by atoms with Gasteiger partial charge in [-0.3, -0.25) is 0 Å². The van der Waals surface area contributed by atoms with E-state index in [1.165, 1.54) is 29.9 Å². The van der Waals surface area contributed by atoms with Gasteiger partial charge in [-0.2, -0.15) is 11.8 Å². The normalized spacial score (nSPS) is 23.6. The van der Waals surface area contributed by atoms with E-state index in [4.69, 9.17) is 5.73 Å². The van der Waals surface area contributed by atoms with Gasteiger partial charge in [0.25, 0.3) is 0 Å². The monoisotopic (exact) mass is 240 g/mol. The number of rotatable bonds is 3. The van der Waals surface area contributed by atoms with Gasteiger partial charge in [-0.15, -0.1) is 0 Å². The summed E-state index contributed by atoms with van der Waals surface area (Å²) in [6.07, 6.45) is 6.56. The molecule has 16 heavy (non-hydrogen) atoms. The van der Waals surface area contributed by atoms with E-state index in [-0.39, 0.29) is 5.41 Å². The molecule has 0 spiro atoms. The van der Waals surface area contributed by atoms with Crippen molar-refractivity contribution in [3.8, 4) is 0 Å². The Morgan fingerprint density at radius 1 is 1.44 bits per heavy atom. The third-order valence-electron chi connectivity index (χ3n) is 2.92. The quantitative estimate of drug-likeness (QED) is 0.745. The van der Waals surface area contributed by atoms with E-state index in [1.54, 1.807) is 6.20 Å². The molecule has 1 unspecified atom stereocenters. The molecule has 0 aliphatic carbocycles. The first-order valence-electron chi connectivity index (χ1n) is 5.92. The fraction of sp³-hybridized carbons (Fsp3) is 0.692. The van der Waals surface area contributed by atoms with E-state index >= 15 is 0 Å². The van der Waals surface area contributed by atoms with Crippen molar-refractivity contribution in [1.82, 2.24) is 5.32 Å². The summed E-state index contributed by atoms with van der Waals surface area (Å²) in [6, 6.07) is 0. The molecular weight excluding hydrogens is 216 g/mol. The molecule has 1 aliphatic heterocycles. The van der Waals surface area contributed by atoms with Crippen LogP contribution in [0.4, 0.5) is 0 Å². The summed E-state index contributed by atoms with van der Waals surface area (Å²) in [4.78, 5) is 0. The lowest BCUT2D eigenvalue weighted by Gasteiger charge is -2.22. The van der Waals surface area contributed by atoms with E-state index in [9.17, 15) is 0 Å². The highest BCUT2D eigenvalue weighted by Gasteiger charge is 2.21. The van der Waals surface area contributed by atoms with Crippen LogP contribution < -0.4 is 11.1 Å². The SMILES string of the molecule is CN/C(=C\C(=C/N)C(C)(C)C)C1CCCS1. The van der Waals surface area contributed by atoms with E-state index < -0.39 is 0 Å². The number of nitrogens with one attached hydrogen (secondary N) is 1. The molecule has 3 heteroatoms. The fourth-order valence-electron chi connectivity index (χ4n) is 1.83. The smallest absolute Gasteiger partial charge is 0.0445 e. The predicted molar refractivity (Wildman–Crippen MR) is 74.3 cm³/mol. The Kier molecular flexibility index (Phi) is 4.78. The number of hydrogen-bond donors (Lipinski definition) is 2. The van der Waals surface area contributed by atoms with Gasteiger partial charge in [0.2, 0.25) is 0 Å². The summed E-state index contributed by atoms with van der Waals surface area (Å²) in [5.74, 6) is 1.28. The fourth-order valence-corrected chi connectivity index (χ4v) is 3.15. The molecule has 3 N–H and O–H groups in total. The Hall–Kier alpha value is -0.570. The van der Waals surface area contributed by atoms with Crippen molar-refractivity contribution in [2.45, 2.75) is 38.9 Å². The Morgan fingerprint density at radius 3 is 2.50 bits per heavy atom. The lowest BCUT2D eigenvalue weighted by atomic mass is 9.86. The van der Waals surface area contributed by atoms with Gasteiger partial charge in [-0.25, -0.2) is 0 Å². The van der Waals surface area contributed by atoms with Gasteiger partial charge >= 0.3 is 0 Å². The molecule has 1 rings (SSSR count). The minimum Gasteiger partial charge on any atom is -0.404 e. The topological polar surface area (TPSA) is 38.0 Å². The standard InChI is InChI=1S/C13H24N2S/c1-13(2,3)10(9-14)8-11(15-4)12-6-5-7-16-12/h8-9,12,15H,5-7,14H2,1-4H3/b10-9+,11-8-. The van der Waals surface area contributed by atoms with Gasteiger partial charge in [-0.1, -0.05) is 20.8 Å². The number of allylic oxidation sites excluding steroid dienone is 2. The highest BCUT2D eigenvalue weighted by Crippen LogP contribution is 2.33.